The van der Waals surface area contributed by atoms with Crippen molar-refractivity contribution in [2.45, 2.75) is 81.3 Å². The maximum Gasteiger partial charge on any atom is 0.472 e. The van der Waals surface area contributed by atoms with Crippen LogP contribution >= 0.6 is 15.6 Å². The number of amides is 1. The zero-order valence-corrected chi connectivity index (χ0v) is 34.4. The van der Waals surface area contributed by atoms with Crippen LogP contribution in [0.2, 0.25) is 0 Å². The van der Waals surface area contributed by atoms with Gasteiger partial charge in [0.05, 0.1) is 36.2 Å². The first-order chi connectivity index (χ1) is 29.8. The molecule has 11 unspecified atom stereocenters. The number of phosphoric ester groups is 2. The van der Waals surface area contributed by atoms with Crippen molar-refractivity contribution in [3.63, 3.8) is 0 Å². The maximum atomic E-state index is 13.1. The number of H-pyrrole nitrogens is 2. The largest absolute Gasteiger partial charge is 0.472 e. The number of phosphoric acid groups is 2. The Hall–Kier alpha value is -5.27. The van der Waals surface area contributed by atoms with Crippen LogP contribution in [0.1, 0.15) is 57.6 Å². The molecule has 2 saturated heterocycles. The number of aromatic nitrogens is 5. The van der Waals surface area contributed by atoms with Gasteiger partial charge in [-0.05, 0) is 6.92 Å². The highest BCUT2D eigenvalue weighted by Crippen LogP contribution is 2.52. The van der Waals surface area contributed by atoms with Crippen molar-refractivity contribution in [3.05, 3.63) is 100.0 Å². The Balaban J connectivity index is 0.000000271. The van der Waals surface area contributed by atoms with Gasteiger partial charge in [0.25, 0.3) is 11.1 Å². The van der Waals surface area contributed by atoms with Crippen LogP contribution < -0.4 is 39.7 Å². The third-order valence-corrected chi connectivity index (χ3v) is 11.7. The van der Waals surface area contributed by atoms with Gasteiger partial charge in [-0.25, -0.2) is 23.5 Å². The molecular weight excluding hydrogens is 910 g/mol. The van der Waals surface area contributed by atoms with Crippen LogP contribution in [0.5, 0.6) is 0 Å². The van der Waals surface area contributed by atoms with Crippen LogP contribution in [0.3, 0.4) is 0 Å². The second-order valence-electron chi connectivity index (χ2n) is 14.4. The number of carbonyl (C=O) groups excluding carboxylic acids is 3. The van der Waals surface area contributed by atoms with Crippen LogP contribution in [0, 0.1) is 0 Å². The van der Waals surface area contributed by atoms with E-state index in [9.17, 15) is 68.0 Å². The van der Waals surface area contributed by atoms with Crippen LogP contribution in [0.4, 0.5) is 4.79 Å². The number of fused-ring (bicyclic) bond motifs is 3. The number of aliphatic hydroxyl groups excluding tert-OH is 4. The highest BCUT2D eigenvalue weighted by molar-refractivity contribution is 7.47. The molecule has 0 bridgehead atoms. The van der Waals surface area contributed by atoms with Crippen LogP contribution in [0.15, 0.2) is 55.0 Å². The molecular formula is C32H40N8O22P2. The lowest BCUT2D eigenvalue weighted by Gasteiger charge is -2.23. The normalized spacial score (nSPS) is 28.6. The molecule has 15 N–H and O–H groups in total. The van der Waals surface area contributed by atoms with Gasteiger partial charge < -0.3 is 71.1 Å². The van der Waals surface area contributed by atoms with Crippen molar-refractivity contribution in [2.24, 2.45) is 17.2 Å². The molecule has 3 aromatic rings. The summed E-state index contributed by atoms with van der Waals surface area (Å²) in [6, 6.07) is 0.941. The molecule has 0 saturated carbocycles. The summed E-state index contributed by atoms with van der Waals surface area (Å²) in [5.74, 6) is -1.35. The number of rotatable bonds is 12. The Labute approximate surface area is 354 Å². The molecule has 11 atom stereocenters. The number of aromatic amines is 2. The van der Waals surface area contributed by atoms with E-state index in [1.54, 1.807) is 0 Å². The zero-order chi connectivity index (χ0) is 47.3. The Bertz CT molecular complexity index is 2720. The Morgan fingerprint density at radius 2 is 1.33 bits per heavy atom. The number of allylic oxidation sites excluding steroid dienone is 2. The van der Waals surface area contributed by atoms with Gasteiger partial charge in [-0.15, -0.1) is 0 Å². The molecule has 3 aromatic heterocycles. The molecule has 0 spiro atoms. The van der Waals surface area contributed by atoms with Crippen molar-refractivity contribution >= 4 is 33.3 Å². The van der Waals surface area contributed by atoms with Crippen molar-refractivity contribution in [1.82, 2.24) is 23.7 Å². The molecule has 6 heterocycles. The SMILES string of the molecule is CC1=C(N)C(=O)c2c(COC(N)=O)c3n(c2C1=O)CC(N)C3OP(=O)(O)OCC1OC(n2ccc(=O)[nH]c2=O)C(O)C1O.O=c1ccn(C2OC(COP(=O)(O)O)C(O)C2O)c(=O)[nH]1. The molecule has 30 nitrogen and oxygen atoms in total. The lowest BCUT2D eigenvalue weighted by atomic mass is 9.89. The van der Waals surface area contributed by atoms with Gasteiger partial charge in [0.2, 0.25) is 11.6 Å². The van der Waals surface area contributed by atoms with Gasteiger partial charge in [0.15, 0.2) is 12.5 Å². The minimum atomic E-state index is -5.08. The molecule has 0 aromatic carbocycles. The molecule has 2 fully saturated rings. The highest BCUT2D eigenvalue weighted by atomic mass is 31.2. The monoisotopic (exact) mass is 950 g/mol. The predicted molar refractivity (Wildman–Crippen MR) is 204 cm³/mol. The number of hydrogen-bond acceptors (Lipinski definition) is 21. The van der Waals surface area contributed by atoms with E-state index >= 15 is 0 Å². The van der Waals surface area contributed by atoms with Crippen LogP contribution in [0.25, 0.3) is 0 Å². The second kappa shape index (κ2) is 18.3. The number of primary amides is 1. The second-order valence-corrected chi connectivity index (χ2v) is 17.0. The predicted octanol–water partition coefficient (Wildman–Crippen LogP) is -5.35. The molecule has 1 aliphatic carbocycles. The average molecular weight is 951 g/mol. The molecule has 350 valence electrons. The Morgan fingerprint density at radius 3 is 1.80 bits per heavy atom. The summed E-state index contributed by atoms with van der Waals surface area (Å²) in [7, 11) is -9.84. The highest BCUT2D eigenvalue weighted by Gasteiger charge is 2.49. The van der Waals surface area contributed by atoms with Gasteiger partial charge in [0.1, 0.15) is 55.0 Å². The summed E-state index contributed by atoms with van der Waals surface area (Å²) in [4.78, 5) is 115. The third kappa shape index (κ3) is 9.71. The van der Waals surface area contributed by atoms with Crippen molar-refractivity contribution in [2.75, 3.05) is 13.2 Å². The number of nitrogens with zero attached hydrogens (tertiary/aromatic N) is 3. The lowest BCUT2D eigenvalue weighted by molar-refractivity contribution is -0.0564. The van der Waals surface area contributed by atoms with E-state index in [0.717, 1.165) is 33.7 Å². The summed E-state index contributed by atoms with van der Waals surface area (Å²) in [6.07, 6.45) is -12.6. The minimum absolute atomic E-state index is 0.0223. The van der Waals surface area contributed by atoms with Crippen molar-refractivity contribution < 1.29 is 86.4 Å². The molecule has 4 aliphatic rings. The van der Waals surface area contributed by atoms with E-state index in [1.165, 1.54) is 11.5 Å². The summed E-state index contributed by atoms with van der Waals surface area (Å²) in [5.41, 5.74) is 13.2. The number of carbonyl (C=O) groups is 3. The van der Waals surface area contributed by atoms with Gasteiger partial charge in [-0.3, -0.25) is 51.9 Å². The van der Waals surface area contributed by atoms with E-state index < -0.39 is 137 Å². The summed E-state index contributed by atoms with van der Waals surface area (Å²) < 4.78 is 56.7. The van der Waals surface area contributed by atoms with Crippen LogP contribution in [-0.2, 0) is 50.1 Å². The summed E-state index contributed by atoms with van der Waals surface area (Å²) in [6.45, 7) is -0.937. The van der Waals surface area contributed by atoms with Crippen molar-refractivity contribution in [1.29, 1.82) is 0 Å². The molecule has 0 radical (unpaired) electrons. The molecule has 3 aliphatic heterocycles. The molecule has 32 heteroatoms. The average Bonchev–Trinajstić information content (AvgIpc) is 3.88. The standard InChI is InChI=1S/C23H27N6O13P.C9H13N2O9P/c1-7-13(25)18(33)12-8(5-39-22(26)35)14-20(9(24)4-29(14)15(12)16(7)31)42-43(37,38)40-6-10-17(32)19(34)21(41-10)28-3-2-11(30)27-23(28)36;12-5-1-2-11(9(15)10-5)8-7(14)6(13)4(20-8)3-19-21(16,17)18/h2-3,9-10,17,19-21,32,34H,4-6,24-25H2,1H3,(H2,26,35)(H,37,38)(H,27,30,36);1-2,4,6-8,13-14H,3H2,(H,10,12,15)(H2,16,17,18). The first-order valence-electron chi connectivity index (χ1n) is 18.3. The zero-order valence-electron chi connectivity index (χ0n) is 32.6. The Morgan fingerprint density at radius 1 is 0.828 bits per heavy atom. The fourth-order valence-corrected chi connectivity index (χ4v) is 8.46. The van der Waals surface area contributed by atoms with Crippen molar-refractivity contribution in [3.8, 4) is 0 Å². The summed E-state index contributed by atoms with van der Waals surface area (Å²) >= 11 is 0. The fraction of sp³-hybridized carbons (Fsp3) is 0.469. The quantitative estimate of drug-likeness (QED) is 0.0754. The van der Waals surface area contributed by atoms with Gasteiger partial charge in [-0.1, -0.05) is 0 Å². The van der Waals surface area contributed by atoms with E-state index in [2.05, 4.69) is 4.52 Å². The van der Waals surface area contributed by atoms with E-state index in [4.69, 9.17) is 50.2 Å². The number of nitrogens with one attached hydrogen (secondary N) is 2. The summed E-state index contributed by atoms with van der Waals surface area (Å²) in [5, 5.41) is 40.4. The van der Waals surface area contributed by atoms with Gasteiger partial charge in [-0.2, -0.15) is 0 Å². The smallest absolute Gasteiger partial charge is 0.445 e. The van der Waals surface area contributed by atoms with Gasteiger partial charge >= 0.3 is 33.1 Å². The Kier molecular flexibility index (Phi) is 13.8. The first kappa shape index (κ1) is 48.2. The van der Waals surface area contributed by atoms with E-state index in [1.807, 2.05) is 9.97 Å². The van der Waals surface area contributed by atoms with Gasteiger partial charge in [0, 0.05) is 42.2 Å². The lowest BCUT2D eigenvalue weighted by Crippen LogP contribution is -2.37. The minimum Gasteiger partial charge on any atom is -0.445 e. The number of aliphatic hydroxyl groups is 4. The molecule has 7 rings (SSSR count). The number of ketones is 2. The number of ether oxygens (including phenoxy) is 3. The fourth-order valence-electron chi connectivity index (χ4n) is 7.18. The molecule has 1 amide bonds. The number of nitrogens with two attached hydrogens (primary N) is 3. The maximum absolute atomic E-state index is 13.1. The number of hydrogen-bond donors (Lipinski definition) is 12. The third-order valence-electron chi connectivity index (χ3n) is 10.2. The van der Waals surface area contributed by atoms with Crippen LogP contribution in [-0.4, -0.2) is 132 Å². The molecule has 64 heavy (non-hydrogen) atoms. The van der Waals surface area contributed by atoms with E-state index in [-0.39, 0.29) is 40.3 Å². The topological polar surface area (TPSA) is 475 Å². The first-order valence-corrected chi connectivity index (χ1v) is 21.3. The van der Waals surface area contributed by atoms with E-state index in [0.29, 0.717) is 0 Å². The number of Topliss-reactive ketones (excluding diaryl/α,β-unsaturated/α-hetero) is 2.